The third-order valence-electron chi connectivity index (χ3n) is 3.38. The van der Waals surface area contributed by atoms with Gasteiger partial charge >= 0.3 is 0 Å². The summed E-state index contributed by atoms with van der Waals surface area (Å²) < 4.78 is 0. The number of aliphatic hydroxyl groups excluding tert-OH is 1. The Kier molecular flexibility index (Phi) is 6.89. The fraction of sp³-hybridized carbons (Fsp3) is 0.533. The molecule has 0 aliphatic rings. The molecule has 0 radical (unpaired) electrons. The Bertz CT molecular complexity index is 383. The van der Waals surface area contributed by atoms with Gasteiger partial charge in [0.1, 0.15) is 0 Å². The Morgan fingerprint density at radius 1 is 1.32 bits per heavy atom. The molecule has 1 rings (SSSR count). The molecule has 1 aromatic carbocycles. The quantitative estimate of drug-likeness (QED) is 0.617. The molecule has 4 heteroatoms. The molecule has 0 spiro atoms. The Morgan fingerprint density at radius 2 is 1.95 bits per heavy atom. The van der Waals surface area contributed by atoms with Gasteiger partial charge < -0.3 is 10.0 Å². The molecule has 106 valence electrons. The average molecular weight is 284 g/mol. The van der Waals surface area contributed by atoms with Crippen LogP contribution in [0, 0.1) is 0 Å². The molecule has 0 fully saturated rings. The minimum Gasteiger partial charge on any atom is -0.386 e. The lowest BCUT2D eigenvalue weighted by molar-refractivity contribution is -0.134. The summed E-state index contributed by atoms with van der Waals surface area (Å²) in [5, 5.41) is 10.3. The Hall–Kier alpha value is -1.06. The summed E-state index contributed by atoms with van der Waals surface area (Å²) in [6.07, 6.45) is 1.45. The van der Waals surface area contributed by atoms with Crippen LogP contribution < -0.4 is 0 Å². The topological polar surface area (TPSA) is 40.5 Å². The van der Waals surface area contributed by atoms with E-state index in [2.05, 4.69) is 0 Å². The predicted molar refractivity (Wildman–Crippen MR) is 78.2 cm³/mol. The molecule has 3 nitrogen and oxygen atoms in total. The smallest absolute Gasteiger partial charge is 0.222 e. The first-order valence-electron chi connectivity index (χ1n) is 6.62. The van der Waals surface area contributed by atoms with Crippen molar-refractivity contribution >= 4 is 17.5 Å². The fourth-order valence-electron chi connectivity index (χ4n) is 1.91. The van der Waals surface area contributed by atoms with E-state index < -0.39 is 6.10 Å². The maximum absolute atomic E-state index is 12.0. The molecule has 2 atom stereocenters. The van der Waals surface area contributed by atoms with E-state index >= 15 is 0 Å². The second kappa shape index (κ2) is 8.18. The van der Waals surface area contributed by atoms with E-state index in [4.69, 9.17) is 11.6 Å². The first-order chi connectivity index (χ1) is 9.07. The van der Waals surface area contributed by atoms with E-state index in [1.165, 1.54) is 0 Å². The zero-order valence-electron chi connectivity index (χ0n) is 11.6. The highest BCUT2D eigenvalue weighted by atomic mass is 35.5. The first kappa shape index (κ1) is 16.0. The second-order valence-electron chi connectivity index (χ2n) is 4.75. The van der Waals surface area contributed by atoms with Gasteiger partial charge in [-0.05, 0) is 25.3 Å². The van der Waals surface area contributed by atoms with E-state index in [0.717, 1.165) is 18.4 Å². The standard InChI is InChI=1S/C15H22ClNO2/c1-12(15(19)13-8-4-3-5-9-13)17(2)14(18)10-6-7-11-16/h3-5,8-9,12,15,19H,6-7,10-11H2,1-2H3/t12-,15+/m0/s1. The molecule has 0 heterocycles. The molecular formula is C15H22ClNO2. The summed E-state index contributed by atoms with van der Waals surface area (Å²) in [6, 6.07) is 9.16. The normalized spacial score (nSPS) is 13.9. The zero-order chi connectivity index (χ0) is 14.3. The first-order valence-corrected chi connectivity index (χ1v) is 7.16. The molecule has 19 heavy (non-hydrogen) atoms. The Labute approximate surface area is 120 Å². The number of aliphatic hydroxyl groups is 1. The van der Waals surface area contributed by atoms with Crippen LogP contribution in [-0.4, -0.2) is 34.9 Å². The van der Waals surface area contributed by atoms with Crippen LogP contribution >= 0.6 is 11.6 Å². The van der Waals surface area contributed by atoms with Crippen LogP contribution in [0.1, 0.15) is 37.9 Å². The summed E-state index contributed by atoms with van der Waals surface area (Å²) in [4.78, 5) is 13.6. The lowest BCUT2D eigenvalue weighted by Crippen LogP contribution is -2.38. The number of rotatable bonds is 7. The summed E-state index contributed by atoms with van der Waals surface area (Å²) in [5.41, 5.74) is 0.829. The van der Waals surface area contributed by atoms with Crippen LogP contribution in [0.3, 0.4) is 0 Å². The lowest BCUT2D eigenvalue weighted by Gasteiger charge is -2.29. The molecule has 1 aromatic rings. The highest BCUT2D eigenvalue weighted by Gasteiger charge is 2.23. The molecular weight excluding hydrogens is 262 g/mol. The Morgan fingerprint density at radius 3 is 2.53 bits per heavy atom. The number of carbonyl (C=O) groups excluding carboxylic acids is 1. The lowest BCUT2D eigenvalue weighted by atomic mass is 10.0. The van der Waals surface area contributed by atoms with Crippen LogP contribution in [0.2, 0.25) is 0 Å². The SMILES string of the molecule is C[C@@H]([C@@H](O)c1ccccc1)N(C)C(=O)CCCCCl. The highest BCUT2D eigenvalue weighted by molar-refractivity contribution is 6.17. The van der Waals surface area contributed by atoms with E-state index in [-0.39, 0.29) is 11.9 Å². The number of nitrogens with zero attached hydrogens (tertiary/aromatic N) is 1. The van der Waals surface area contributed by atoms with Gasteiger partial charge in [-0.2, -0.15) is 0 Å². The van der Waals surface area contributed by atoms with E-state index in [1.54, 1.807) is 11.9 Å². The number of unbranched alkanes of at least 4 members (excludes halogenated alkanes) is 1. The van der Waals surface area contributed by atoms with Crippen LogP contribution in [-0.2, 0) is 4.79 Å². The molecule has 0 saturated heterocycles. The van der Waals surface area contributed by atoms with Gasteiger partial charge in [0.05, 0.1) is 12.1 Å². The maximum atomic E-state index is 12.0. The van der Waals surface area contributed by atoms with Crippen molar-refractivity contribution in [2.24, 2.45) is 0 Å². The third-order valence-corrected chi connectivity index (χ3v) is 3.64. The molecule has 0 unspecified atom stereocenters. The number of benzene rings is 1. The maximum Gasteiger partial charge on any atom is 0.222 e. The summed E-state index contributed by atoms with van der Waals surface area (Å²) >= 11 is 5.59. The van der Waals surface area contributed by atoms with Gasteiger partial charge in [0.25, 0.3) is 0 Å². The number of amides is 1. The van der Waals surface area contributed by atoms with Gasteiger partial charge in [-0.25, -0.2) is 0 Å². The fourth-order valence-corrected chi connectivity index (χ4v) is 2.10. The monoisotopic (exact) mass is 283 g/mol. The number of carbonyl (C=O) groups is 1. The van der Waals surface area contributed by atoms with Crippen molar-refractivity contribution in [3.63, 3.8) is 0 Å². The molecule has 0 bridgehead atoms. The molecule has 0 aliphatic heterocycles. The van der Waals surface area contributed by atoms with E-state index in [0.29, 0.717) is 12.3 Å². The second-order valence-corrected chi connectivity index (χ2v) is 5.12. The molecule has 0 saturated carbocycles. The molecule has 1 N–H and O–H groups in total. The summed E-state index contributed by atoms with van der Waals surface area (Å²) in [7, 11) is 1.74. The van der Waals surface area contributed by atoms with Crippen molar-refractivity contribution in [3.05, 3.63) is 35.9 Å². The number of hydrogen-bond acceptors (Lipinski definition) is 2. The van der Waals surface area contributed by atoms with Gasteiger partial charge in [-0.15, -0.1) is 11.6 Å². The van der Waals surface area contributed by atoms with E-state index in [9.17, 15) is 9.90 Å². The van der Waals surface area contributed by atoms with Gasteiger partial charge in [-0.1, -0.05) is 30.3 Å². The molecule has 1 amide bonds. The van der Waals surface area contributed by atoms with Crippen molar-refractivity contribution in [1.82, 2.24) is 4.90 Å². The minimum atomic E-state index is -0.664. The number of likely N-dealkylation sites (N-methyl/N-ethyl adjacent to an activating group) is 1. The number of halogens is 1. The number of hydrogen-bond donors (Lipinski definition) is 1. The Balaban J connectivity index is 2.56. The van der Waals surface area contributed by atoms with Crippen LogP contribution in [0.5, 0.6) is 0 Å². The van der Waals surface area contributed by atoms with Gasteiger partial charge in [0, 0.05) is 19.3 Å². The van der Waals surface area contributed by atoms with Gasteiger partial charge in [0.15, 0.2) is 0 Å². The predicted octanol–water partition coefficient (Wildman–Crippen LogP) is 2.98. The van der Waals surface area contributed by atoms with Crippen LogP contribution in [0.25, 0.3) is 0 Å². The van der Waals surface area contributed by atoms with Gasteiger partial charge in [-0.3, -0.25) is 4.79 Å². The molecule has 0 aromatic heterocycles. The van der Waals surface area contributed by atoms with Crippen LogP contribution in [0.15, 0.2) is 30.3 Å². The highest BCUT2D eigenvalue weighted by Crippen LogP contribution is 2.20. The van der Waals surface area contributed by atoms with Gasteiger partial charge in [0.2, 0.25) is 5.91 Å². The van der Waals surface area contributed by atoms with E-state index in [1.807, 2.05) is 37.3 Å². The molecule has 0 aliphatic carbocycles. The number of alkyl halides is 1. The van der Waals surface area contributed by atoms with Crippen molar-refractivity contribution in [2.75, 3.05) is 12.9 Å². The minimum absolute atomic E-state index is 0.0487. The third kappa shape index (κ3) is 4.84. The summed E-state index contributed by atoms with van der Waals surface area (Å²) in [5.74, 6) is 0.631. The average Bonchev–Trinajstić information content (AvgIpc) is 2.46. The van der Waals surface area contributed by atoms with Crippen LogP contribution in [0.4, 0.5) is 0 Å². The largest absolute Gasteiger partial charge is 0.386 e. The zero-order valence-corrected chi connectivity index (χ0v) is 12.3. The van der Waals surface area contributed by atoms with Crippen molar-refractivity contribution < 1.29 is 9.90 Å². The van der Waals surface area contributed by atoms with Crippen molar-refractivity contribution in [2.45, 2.75) is 38.3 Å². The van der Waals surface area contributed by atoms with Crippen molar-refractivity contribution in [3.8, 4) is 0 Å². The van der Waals surface area contributed by atoms with Crippen molar-refractivity contribution in [1.29, 1.82) is 0 Å². The summed E-state index contributed by atoms with van der Waals surface area (Å²) in [6.45, 7) is 1.86.